The smallest absolute Gasteiger partial charge is 0.151 e. The molecule has 1 aromatic rings. The maximum absolute atomic E-state index is 11.4. The van der Waals surface area contributed by atoms with Crippen LogP contribution < -0.4 is 15.0 Å². The number of rotatable bonds is 4. The fourth-order valence-electron chi connectivity index (χ4n) is 2.99. The van der Waals surface area contributed by atoms with Crippen molar-refractivity contribution in [1.29, 1.82) is 0 Å². The first-order chi connectivity index (χ1) is 10.1. The van der Waals surface area contributed by atoms with Crippen LogP contribution in [0.5, 0.6) is 5.75 Å². The van der Waals surface area contributed by atoms with Crippen LogP contribution in [-0.2, 0) is 9.84 Å². The van der Waals surface area contributed by atoms with Gasteiger partial charge in [-0.15, -0.1) is 0 Å². The highest BCUT2D eigenvalue weighted by Crippen LogP contribution is 2.30. The first kappa shape index (κ1) is 14.7. The van der Waals surface area contributed by atoms with Crippen molar-refractivity contribution in [2.75, 3.05) is 42.6 Å². The Balaban J connectivity index is 1.56. The zero-order chi connectivity index (χ0) is 14.7. The van der Waals surface area contributed by atoms with Gasteiger partial charge in [0.1, 0.15) is 5.75 Å². The maximum atomic E-state index is 11.4. The van der Waals surface area contributed by atoms with Gasteiger partial charge in [-0.1, -0.05) is 12.1 Å². The Morgan fingerprint density at radius 3 is 3.00 bits per heavy atom. The quantitative estimate of drug-likeness (QED) is 0.901. The molecule has 0 aliphatic carbocycles. The van der Waals surface area contributed by atoms with Crippen LogP contribution >= 0.6 is 0 Å². The van der Waals surface area contributed by atoms with Crippen molar-refractivity contribution in [2.24, 2.45) is 0 Å². The first-order valence-electron chi connectivity index (χ1n) is 7.55. The van der Waals surface area contributed by atoms with Crippen molar-refractivity contribution in [1.82, 2.24) is 5.32 Å². The number of sulfone groups is 1. The summed E-state index contributed by atoms with van der Waals surface area (Å²) in [5, 5.41) is 3.37. The van der Waals surface area contributed by atoms with Gasteiger partial charge in [0.25, 0.3) is 0 Å². The number of fused-ring (bicyclic) bond motifs is 1. The molecule has 0 amide bonds. The molecule has 1 N–H and O–H groups in total. The minimum absolute atomic E-state index is 0.119. The molecule has 2 heterocycles. The van der Waals surface area contributed by atoms with Gasteiger partial charge in [-0.25, -0.2) is 8.42 Å². The number of para-hydroxylation sites is 2. The van der Waals surface area contributed by atoms with Gasteiger partial charge in [0.15, 0.2) is 9.84 Å². The third kappa shape index (κ3) is 3.68. The van der Waals surface area contributed by atoms with Crippen molar-refractivity contribution in [3.63, 3.8) is 0 Å². The number of nitrogens with one attached hydrogen (secondary N) is 1. The standard InChI is InChI=1S/C15H22N2O3S/c18-21(19)11-6-13(12-21)16-7-9-17-8-3-10-20-15-5-2-1-4-14(15)17/h1-2,4-5,13,16H,3,6-12H2. The van der Waals surface area contributed by atoms with Crippen LogP contribution in [0.3, 0.4) is 0 Å². The van der Waals surface area contributed by atoms with Gasteiger partial charge in [-0.2, -0.15) is 0 Å². The molecule has 0 bridgehead atoms. The van der Waals surface area contributed by atoms with Crippen molar-refractivity contribution in [3.8, 4) is 5.75 Å². The number of hydrogen-bond donors (Lipinski definition) is 1. The monoisotopic (exact) mass is 310 g/mol. The predicted molar refractivity (Wildman–Crippen MR) is 83.8 cm³/mol. The van der Waals surface area contributed by atoms with Crippen LogP contribution in [0.2, 0.25) is 0 Å². The van der Waals surface area contributed by atoms with Gasteiger partial charge in [-0.05, 0) is 25.0 Å². The molecule has 2 aliphatic heterocycles. The van der Waals surface area contributed by atoms with E-state index in [-0.39, 0.29) is 11.8 Å². The highest BCUT2D eigenvalue weighted by atomic mass is 32.2. The summed E-state index contributed by atoms with van der Waals surface area (Å²) in [6.07, 6.45) is 1.74. The van der Waals surface area contributed by atoms with Crippen molar-refractivity contribution < 1.29 is 13.2 Å². The molecule has 1 aromatic carbocycles. The van der Waals surface area contributed by atoms with E-state index in [1.807, 2.05) is 18.2 Å². The number of anilines is 1. The normalized spacial score (nSPS) is 24.2. The molecule has 0 aromatic heterocycles. The molecule has 1 atom stereocenters. The number of nitrogens with zero attached hydrogens (tertiary/aromatic N) is 1. The van der Waals surface area contributed by atoms with E-state index in [0.29, 0.717) is 5.75 Å². The molecule has 3 rings (SSSR count). The fraction of sp³-hybridized carbons (Fsp3) is 0.600. The van der Waals surface area contributed by atoms with E-state index in [9.17, 15) is 8.42 Å². The Morgan fingerprint density at radius 1 is 1.33 bits per heavy atom. The molecular formula is C15H22N2O3S. The summed E-state index contributed by atoms with van der Waals surface area (Å²) < 4.78 is 28.6. The summed E-state index contributed by atoms with van der Waals surface area (Å²) in [6.45, 7) is 3.40. The average molecular weight is 310 g/mol. The van der Waals surface area contributed by atoms with Crippen LogP contribution in [0.1, 0.15) is 12.8 Å². The van der Waals surface area contributed by atoms with Gasteiger partial charge in [0, 0.05) is 25.7 Å². The van der Waals surface area contributed by atoms with Crippen LogP contribution in [0.4, 0.5) is 5.69 Å². The lowest BCUT2D eigenvalue weighted by Gasteiger charge is -2.24. The Morgan fingerprint density at radius 2 is 2.19 bits per heavy atom. The highest BCUT2D eigenvalue weighted by Gasteiger charge is 2.27. The minimum Gasteiger partial charge on any atom is -0.491 e. The molecule has 5 nitrogen and oxygen atoms in total. The second-order valence-corrected chi connectivity index (χ2v) is 7.94. The molecule has 116 valence electrons. The molecule has 1 unspecified atom stereocenters. The summed E-state index contributed by atoms with van der Waals surface area (Å²) >= 11 is 0. The van der Waals surface area contributed by atoms with Crippen molar-refractivity contribution in [3.05, 3.63) is 24.3 Å². The van der Waals surface area contributed by atoms with E-state index in [4.69, 9.17) is 4.74 Å². The topological polar surface area (TPSA) is 58.6 Å². The van der Waals surface area contributed by atoms with Crippen LogP contribution in [-0.4, -0.2) is 52.2 Å². The largest absolute Gasteiger partial charge is 0.491 e. The summed E-state index contributed by atoms with van der Waals surface area (Å²) in [5.74, 6) is 1.55. The van der Waals surface area contributed by atoms with Crippen molar-refractivity contribution >= 4 is 15.5 Å². The zero-order valence-electron chi connectivity index (χ0n) is 12.1. The molecule has 0 saturated carbocycles. The number of hydrogen-bond acceptors (Lipinski definition) is 5. The van der Waals surface area contributed by atoms with E-state index < -0.39 is 9.84 Å². The Bertz CT molecular complexity index is 588. The SMILES string of the molecule is O=S1(=O)CCC(NCCN2CCCOc3ccccc32)C1. The molecular weight excluding hydrogens is 288 g/mol. The Labute approximate surface area is 126 Å². The second-order valence-electron chi connectivity index (χ2n) is 5.71. The first-order valence-corrected chi connectivity index (χ1v) is 9.37. The van der Waals surface area contributed by atoms with E-state index in [2.05, 4.69) is 16.3 Å². The van der Waals surface area contributed by atoms with Gasteiger partial charge >= 0.3 is 0 Å². The molecule has 0 radical (unpaired) electrons. The van der Waals surface area contributed by atoms with Gasteiger partial charge < -0.3 is 15.0 Å². The highest BCUT2D eigenvalue weighted by molar-refractivity contribution is 7.91. The van der Waals surface area contributed by atoms with Crippen LogP contribution in [0.25, 0.3) is 0 Å². The third-order valence-corrected chi connectivity index (χ3v) is 5.85. The lowest BCUT2D eigenvalue weighted by molar-refractivity contribution is 0.322. The van der Waals surface area contributed by atoms with Gasteiger partial charge in [0.05, 0.1) is 23.8 Å². The van der Waals surface area contributed by atoms with E-state index in [1.165, 1.54) is 0 Å². The predicted octanol–water partition coefficient (Wildman–Crippen LogP) is 1.05. The van der Waals surface area contributed by atoms with Gasteiger partial charge in [-0.3, -0.25) is 0 Å². The van der Waals surface area contributed by atoms with Crippen molar-refractivity contribution in [2.45, 2.75) is 18.9 Å². The Kier molecular flexibility index (Phi) is 4.35. The van der Waals surface area contributed by atoms with E-state index in [0.717, 1.165) is 50.5 Å². The molecule has 6 heteroatoms. The Hall–Kier alpha value is -1.27. The van der Waals surface area contributed by atoms with E-state index in [1.54, 1.807) is 0 Å². The lowest BCUT2D eigenvalue weighted by Crippen LogP contribution is -2.38. The summed E-state index contributed by atoms with van der Waals surface area (Å²) in [7, 11) is -2.80. The minimum atomic E-state index is -2.80. The lowest BCUT2D eigenvalue weighted by atomic mass is 10.2. The molecule has 1 saturated heterocycles. The van der Waals surface area contributed by atoms with Crippen LogP contribution in [0, 0.1) is 0 Å². The van der Waals surface area contributed by atoms with Crippen LogP contribution in [0.15, 0.2) is 24.3 Å². The zero-order valence-corrected chi connectivity index (χ0v) is 12.9. The second kappa shape index (κ2) is 6.23. The number of ether oxygens (including phenoxy) is 1. The summed E-state index contributed by atoms with van der Waals surface area (Å²) in [5.41, 5.74) is 1.14. The van der Waals surface area contributed by atoms with E-state index >= 15 is 0 Å². The maximum Gasteiger partial charge on any atom is 0.151 e. The fourth-order valence-corrected chi connectivity index (χ4v) is 4.70. The molecule has 1 fully saturated rings. The molecule has 0 spiro atoms. The molecule has 21 heavy (non-hydrogen) atoms. The summed E-state index contributed by atoms with van der Waals surface area (Å²) in [4.78, 5) is 2.32. The van der Waals surface area contributed by atoms with Gasteiger partial charge in [0.2, 0.25) is 0 Å². The summed E-state index contributed by atoms with van der Waals surface area (Å²) in [6, 6.07) is 8.22. The average Bonchev–Trinajstić information content (AvgIpc) is 2.69. The molecule has 2 aliphatic rings. The number of benzene rings is 1. The third-order valence-electron chi connectivity index (χ3n) is 4.08.